The fourth-order valence-electron chi connectivity index (χ4n) is 4.28. The summed E-state index contributed by atoms with van der Waals surface area (Å²) in [5, 5.41) is 5.94. The lowest BCUT2D eigenvalue weighted by Gasteiger charge is -2.25. The van der Waals surface area contributed by atoms with Crippen LogP contribution in [0.25, 0.3) is 11.2 Å². The van der Waals surface area contributed by atoms with Gasteiger partial charge in [-0.1, -0.05) is 44.4 Å². The lowest BCUT2D eigenvalue weighted by molar-refractivity contribution is 0.252. The molecule has 2 aromatic heterocycles. The summed E-state index contributed by atoms with van der Waals surface area (Å²) in [6, 6.07) is 12.1. The van der Waals surface area contributed by atoms with Gasteiger partial charge in [-0.2, -0.15) is 0 Å². The van der Waals surface area contributed by atoms with Crippen LogP contribution in [-0.2, 0) is 12.8 Å². The van der Waals surface area contributed by atoms with Gasteiger partial charge in [0.1, 0.15) is 11.3 Å². The molecular weight excluding hydrogens is 362 g/mol. The number of benzene rings is 1. The molecule has 0 saturated heterocycles. The minimum absolute atomic E-state index is 0.177. The van der Waals surface area contributed by atoms with Gasteiger partial charge in [-0.05, 0) is 43.0 Å². The first-order chi connectivity index (χ1) is 14.3. The molecule has 1 aliphatic rings. The first-order valence-electron chi connectivity index (χ1n) is 10.7. The number of nitrogens with zero attached hydrogens (tertiary/aromatic N) is 3. The van der Waals surface area contributed by atoms with Crippen LogP contribution in [0.2, 0.25) is 0 Å². The first-order valence-corrected chi connectivity index (χ1v) is 10.7. The maximum atomic E-state index is 12.4. The number of rotatable bonds is 6. The number of fused-ring (bicyclic) bond motifs is 1. The Morgan fingerprint density at radius 1 is 1.14 bits per heavy atom. The van der Waals surface area contributed by atoms with Gasteiger partial charge in [-0.25, -0.2) is 14.8 Å². The van der Waals surface area contributed by atoms with Crippen molar-refractivity contribution in [2.45, 2.75) is 57.9 Å². The van der Waals surface area contributed by atoms with Crippen LogP contribution in [0, 0.1) is 0 Å². The van der Waals surface area contributed by atoms with Gasteiger partial charge in [-0.15, -0.1) is 0 Å². The highest BCUT2D eigenvalue weighted by Crippen LogP contribution is 2.31. The zero-order valence-electron chi connectivity index (χ0n) is 17.0. The Morgan fingerprint density at radius 3 is 2.79 bits per heavy atom. The highest BCUT2D eigenvalue weighted by Gasteiger charge is 2.22. The standard InChI is InChI=1S/C23H29N5O/c1-2-17-9-6-7-12-19(17)27-23(29)25-16-14-21-26-20-13-8-15-24-22(20)28(21)18-10-4-3-5-11-18/h6-9,12-13,15,18H,2-5,10-11,14,16H2,1H3,(H2,25,27,29). The van der Waals surface area contributed by atoms with E-state index in [1.807, 2.05) is 42.6 Å². The number of imidazole rings is 1. The third-order valence-corrected chi connectivity index (χ3v) is 5.74. The second-order valence-electron chi connectivity index (χ2n) is 7.68. The van der Waals surface area contributed by atoms with Gasteiger partial charge in [0.05, 0.1) is 0 Å². The second-order valence-corrected chi connectivity index (χ2v) is 7.68. The van der Waals surface area contributed by atoms with Gasteiger partial charge < -0.3 is 15.2 Å². The number of anilines is 1. The van der Waals surface area contributed by atoms with Crippen molar-refractivity contribution in [1.29, 1.82) is 0 Å². The van der Waals surface area contributed by atoms with E-state index in [9.17, 15) is 4.79 Å². The first kappa shape index (κ1) is 19.4. The Bertz CT molecular complexity index is 974. The molecule has 0 atom stereocenters. The summed E-state index contributed by atoms with van der Waals surface area (Å²) < 4.78 is 2.32. The Morgan fingerprint density at radius 2 is 1.97 bits per heavy atom. The maximum absolute atomic E-state index is 12.4. The smallest absolute Gasteiger partial charge is 0.319 e. The fraction of sp³-hybridized carbons (Fsp3) is 0.435. The summed E-state index contributed by atoms with van der Waals surface area (Å²) >= 11 is 0. The molecule has 2 amide bonds. The van der Waals surface area contributed by atoms with Crippen LogP contribution in [0.15, 0.2) is 42.6 Å². The highest BCUT2D eigenvalue weighted by molar-refractivity contribution is 5.90. The number of amides is 2. The molecule has 0 aliphatic heterocycles. The number of para-hydroxylation sites is 1. The van der Waals surface area contributed by atoms with E-state index in [-0.39, 0.29) is 6.03 Å². The van der Waals surface area contributed by atoms with Crippen molar-refractivity contribution in [2.24, 2.45) is 0 Å². The molecule has 6 nitrogen and oxygen atoms in total. The predicted octanol–water partition coefficient (Wildman–Crippen LogP) is 4.86. The molecule has 0 bridgehead atoms. The van der Waals surface area contributed by atoms with Crippen molar-refractivity contribution in [3.8, 4) is 0 Å². The van der Waals surface area contributed by atoms with Crippen molar-refractivity contribution in [3.63, 3.8) is 0 Å². The lowest BCUT2D eigenvalue weighted by Crippen LogP contribution is -2.31. The summed E-state index contributed by atoms with van der Waals surface area (Å²) in [7, 11) is 0. The minimum atomic E-state index is -0.177. The molecule has 0 spiro atoms. The van der Waals surface area contributed by atoms with Gasteiger partial charge in [0, 0.05) is 30.9 Å². The monoisotopic (exact) mass is 391 g/mol. The summed E-state index contributed by atoms with van der Waals surface area (Å²) in [6.45, 7) is 2.62. The van der Waals surface area contributed by atoms with Crippen molar-refractivity contribution in [1.82, 2.24) is 19.9 Å². The van der Waals surface area contributed by atoms with Crippen LogP contribution in [-0.4, -0.2) is 27.1 Å². The Balaban J connectivity index is 1.43. The van der Waals surface area contributed by atoms with Crippen molar-refractivity contribution in [3.05, 3.63) is 54.0 Å². The Hall–Kier alpha value is -2.89. The molecule has 0 unspecified atom stereocenters. The number of aromatic nitrogens is 3. The number of carbonyl (C=O) groups excluding carboxylic acids is 1. The van der Waals surface area contributed by atoms with E-state index in [2.05, 4.69) is 27.1 Å². The molecule has 29 heavy (non-hydrogen) atoms. The molecule has 1 aromatic carbocycles. The molecule has 1 saturated carbocycles. The van der Waals surface area contributed by atoms with Gasteiger partial charge in [0.25, 0.3) is 0 Å². The van der Waals surface area contributed by atoms with Gasteiger partial charge in [0.15, 0.2) is 5.65 Å². The molecule has 1 fully saturated rings. The average molecular weight is 392 g/mol. The second kappa shape index (κ2) is 9.07. The molecule has 6 heteroatoms. The third kappa shape index (κ3) is 4.42. The number of hydrogen-bond acceptors (Lipinski definition) is 3. The van der Waals surface area contributed by atoms with E-state index in [4.69, 9.17) is 4.98 Å². The van der Waals surface area contributed by atoms with E-state index in [0.29, 0.717) is 19.0 Å². The van der Waals surface area contributed by atoms with Crippen LogP contribution >= 0.6 is 0 Å². The summed E-state index contributed by atoms with van der Waals surface area (Å²) in [6.07, 6.45) is 9.59. The van der Waals surface area contributed by atoms with Crippen LogP contribution in [0.4, 0.5) is 10.5 Å². The normalized spacial score (nSPS) is 14.8. The number of aryl methyl sites for hydroxylation is 1. The predicted molar refractivity (Wildman–Crippen MR) is 116 cm³/mol. The number of carbonyl (C=O) groups is 1. The van der Waals surface area contributed by atoms with E-state index in [0.717, 1.165) is 34.7 Å². The fourth-order valence-corrected chi connectivity index (χ4v) is 4.28. The molecule has 152 valence electrons. The van der Waals surface area contributed by atoms with E-state index >= 15 is 0 Å². The average Bonchev–Trinajstić information content (AvgIpc) is 3.13. The van der Waals surface area contributed by atoms with Crippen molar-refractivity contribution >= 4 is 22.9 Å². The molecule has 2 N–H and O–H groups in total. The zero-order valence-corrected chi connectivity index (χ0v) is 17.0. The summed E-state index contributed by atoms with van der Waals surface area (Å²) in [5.74, 6) is 1.01. The number of hydrogen-bond donors (Lipinski definition) is 2. The number of pyridine rings is 1. The van der Waals surface area contributed by atoms with Crippen molar-refractivity contribution in [2.75, 3.05) is 11.9 Å². The van der Waals surface area contributed by atoms with Crippen LogP contribution in [0.3, 0.4) is 0 Å². The van der Waals surface area contributed by atoms with Crippen LogP contribution < -0.4 is 10.6 Å². The molecule has 3 aromatic rings. The van der Waals surface area contributed by atoms with Gasteiger partial charge >= 0.3 is 6.03 Å². The quantitative estimate of drug-likeness (QED) is 0.630. The van der Waals surface area contributed by atoms with Gasteiger partial charge in [-0.3, -0.25) is 0 Å². The van der Waals surface area contributed by atoms with Gasteiger partial charge in [0.2, 0.25) is 0 Å². The molecule has 2 heterocycles. The van der Waals surface area contributed by atoms with E-state index in [1.165, 1.54) is 32.1 Å². The minimum Gasteiger partial charge on any atom is -0.337 e. The summed E-state index contributed by atoms with van der Waals surface area (Å²) in [5.41, 5.74) is 3.91. The largest absolute Gasteiger partial charge is 0.337 e. The Kier molecular flexibility index (Phi) is 6.08. The highest BCUT2D eigenvalue weighted by atomic mass is 16.2. The Labute approximate surface area is 171 Å². The molecule has 0 radical (unpaired) electrons. The summed E-state index contributed by atoms with van der Waals surface area (Å²) in [4.78, 5) is 21.8. The van der Waals surface area contributed by atoms with Crippen LogP contribution in [0.5, 0.6) is 0 Å². The van der Waals surface area contributed by atoms with E-state index < -0.39 is 0 Å². The maximum Gasteiger partial charge on any atom is 0.319 e. The number of urea groups is 1. The van der Waals surface area contributed by atoms with Crippen LogP contribution in [0.1, 0.15) is 56.5 Å². The molecular formula is C23H29N5O. The topological polar surface area (TPSA) is 71.8 Å². The van der Waals surface area contributed by atoms with Crippen molar-refractivity contribution < 1.29 is 4.79 Å². The van der Waals surface area contributed by atoms with E-state index in [1.54, 1.807) is 0 Å². The molecule has 4 rings (SSSR count). The number of nitrogens with one attached hydrogen (secondary N) is 2. The SMILES string of the molecule is CCc1ccccc1NC(=O)NCCc1nc2cccnc2n1C1CCCCC1. The zero-order chi connectivity index (χ0) is 20.1. The third-order valence-electron chi connectivity index (χ3n) is 5.74. The lowest BCUT2D eigenvalue weighted by atomic mass is 9.95. The molecule has 1 aliphatic carbocycles.